The minimum Gasteiger partial charge on any atom is -0.493 e. The predicted octanol–water partition coefficient (Wildman–Crippen LogP) is 3.91. The lowest BCUT2D eigenvalue weighted by atomic mass is 10.2. The first-order valence-corrected chi connectivity index (χ1v) is 11.2. The van der Waals surface area contributed by atoms with Crippen LogP contribution in [0.5, 0.6) is 11.5 Å². The molecular weight excluding hydrogens is 440 g/mol. The topological polar surface area (TPSA) is 92.8 Å². The van der Waals surface area contributed by atoms with Crippen LogP contribution in [0.1, 0.15) is 48.5 Å². The van der Waals surface area contributed by atoms with Crippen molar-refractivity contribution in [3.8, 4) is 11.5 Å². The number of aromatic nitrogens is 1. The number of nitrogens with zero attached hydrogens (tertiary/aromatic N) is 2. The summed E-state index contributed by atoms with van der Waals surface area (Å²) in [6.07, 6.45) is 0. The zero-order valence-corrected chi connectivity index (χ0v) is 20.2. The van der Waals surface area contributed by atoms with Crippen LogP contribution in [0.15, 0.2) is 17.5 Å². The van der Waals surface area contributed by atoms with Gasteiger partial charge in [-0.1, -0.05) is 11.6 Å². The maximum Gasteiger partial charge on any atom is 0.270 e. The summed E-state index contributed by atoms with van der Waals surface area (Å²) in [5.41, 5.74) is 0.460. The Morgan fingerprint density at radius 3 is 2.29 bits per heavy atom. The molecule has 0 atom stereocenters. The van der Waals surface area contributed by atoms with Crippen molar-refractivity contribution in [2.45, 2.75) is 39.8 Å². The fourth-order valence-electron chi connectivity index (χ4n) is 3.13. The monoisotopic (exact) mass is 468 g/mol. The van der Waals surface area contributed by atoms with Crippen molar-refractivity contribution in [3.05, 3.63) is 33.8 Å². The summed E-state index contributed by atoms with van der Waals surface area (Å²) in [6, 6.07) is 3.78. The number of anilines is 1. The van der Waals surface area contributed by atoms with E-state index in [2.05, 4.69) is 48.2 Å². The second kappa shape index (κ2) is 11.3. The Bertz CT molecular complexity index is 909. The number of halogens is 1. The number of amides is 2. The molecule has 0 unspecified atom stereocenters. The van der Waals surface area contributed by atoms with Gasteiger partial charge >= 0.3 is 0 Å². The van der Waals surface area contributed by atoms with Crippen molar-refractivity contribution in [2.75, 3.05) is 32.6 Å². The quantitative estimate of drug-likeness (QED) is 0.549. The lowest BCUT2D eigenvalue weighted by Gasteiger charge is -2.30. The Labute approximate surface area is 191 Å². The van der Waals surface area contributed by atoms with Crippen molar-refractivity contribution in [1.82, 2.24) is 15.2 Å². The number of methoxy groups -OCH3 is 2. The Morgan fingerprint density at radius 1 is 1.10 bits per heavy atom. The van der Waals surface area contributed by atoms with Crippen LogP contribution in [0.3, 0.4) is 0 Å². The normalized spacial score (nSPS) is 11.2. The van der Waals surface area contributed by atoms with E-state index in [1.54, 1.807) is 5.38 Å². The maximum atomic E-state index is 12.6. The van der Waals surface area contributed by atoms with Crippen molar-refractivity contribution >= 4 is 39.9 Å². The highest BCUT2D eigenvalue weighted by molar-refractivity contribution is 7.14. The van der Waals surface area contributed by atoms with Gasteiger partial charge in [-0.25, -0.2) is 4.98 Å². The second-order valence-electron chi connectivity index (χ2n) is 7.36. The molecule has 1 aromatic heterocycles. The third-order valence-electron chi connectivity index (χ3n) is 4.66. The van der Waals surface area contributed by atoms with E-state index in [-0.39, 0.29) is 22.2 Å². The first-order valence-electron chi connectivity index (χ1n) is 9.90. The largest absolute Gasteiger partial charge is 0.493 e. The van der Waals surface area contributed by atoms with Gasteiger partial charge in [0.2, 0.25) is 0 Å². The number of hydrogen-bond donors (Lipinski definition) is 2. The average molecular weight is 469 g/mol. The number of ether oxygens (including phenoxy) is 2. The van der Waals surface area contributed by atoms with Gasteiger partial charge < -0.3 is 14.8 Å². The average Bonchev–Trinajstić information content (AvgIpc) is 3.18. The number of hydrogen-bond acceptors (Lipinski definition) is 7. The van der Waals surface area contributed by atoms with Gasteiger partial charge in [0.1, 0.15) is 5.69 Å². The molecule has 2 aromatic rings. The van der Waals surface area contributed by atoms with E-state index in [0.717, 1.165) is 17.9 Å². The van der Waals surface area contributed by atoms with Gasteiger partial charge in [0.15, 0.2) is 16.6 Å². The number of carbonyl (C=O) groups is 2. The fraction of sp³-hybridized carbons (Fsp3) is 0.476. The predicted molar refractivity (Wildman–Crippen MR) is 124 cm³/mol. The van der Waals surface area contributed by atoms with E-state index >= 15 is 0 Å². The van der Waals surface area contributed by atoms with Gasteiger partial charge in [0.25, 0.3) is 11.8 Å². The molecule has 2 N–H and O–H groups in total. The molecular formula is C21H29ClN4O4S. The van der Waals surface area contributed by atoms with Crippen LogP contribution in [-0.2, 0) is 0 Å². The van der Waals surface area contributed by atoms with Crippen molar-refractivity contribution in [1.29, 1.82) is 0 Å². The van der Waals surface area contributed by atoms with E-state index in [1.807, 2.05) is 0 Å². The summed E-state index contributed by atoms with van der Waals surface area (Å²) in [4.78, 5) is 31.5. The summed E-state index contributed by atoms with van der Waals surface area (Å²) in [6.45, 7) is 9.76. The molecule has 0 saturated heterocycles. The molecule has 31 heavy (non-hydrogen) atoms. The van der Waals surface area contributed by atoms with Gasteiger partial charge in [0, 0.05) is 36.6 Å². The van der Waals surface area contributed by atoms with Crippen LogP contribution in [0.4, 0.5) is 5.13 Å². The lowest BCUT2D eigenvalue weighted by Crippen LogP contribution is -2.42. The van der Waals surface area contributed by atoms with Crippen LogP contribution in [-0.4, -0.2) is 61.1 Å². The number of nitrogens with one attached hydrogen (secondary N) is 2. The van der Waals surface area contributed by atoms with Crippen LogP contribution in [0, 0.1) is 0 Å². The molecule has 0 aliphatic rings. The number of carbonyl (C=O) groups excluding carboxylic acids is 2. The van der Waals surface area contributed by atoms with Crippen molar-refractivity contribution < 1.29 is 19.1 Å². The number of thiazole rings is 1. The van der Waals surface area contributed by atoms with Crippen LogP contribution in [0.2, 0.25) is 5.02 Å². The first kappa shape index (κ1) is 24.9. The molecule has 170 valence electrons. The summed E-state index contributed by atoms with van der Waals surface area (Å²) in [7, 11) is 2.96. The fourth-order valence-corrected chi connectivity index (χ4v) is 4.06. The Kier molecular flexibility index (Phi) is 9.09. The van der Waals surface area contributed by atoms with Crippen molar-refractivity contribution in [3.63, 3.8) is 0 Å². The molecule has 2 amide bonds. The van der Waals surface area contributed by atoms with E-state index < -0.39 is 5.91 Å². The molecule has 10 heteroatoms. The lowest BCUT2D eigenvalue weighted by molar-refractivity contribution is 0.0934. The summed E-state index contributed by atoms with van der Waals surface area (Å²) >= 11 is 7.36. The third kappa shape index (κ3) is 6.56. The molecule has 0 aliphatic heterocycles. The molecule has 0 aliphatic carbocycles. The molecule has 0 saturated carbocycles. The maximum absolute atomic E-state index is 12.6. The Morgan fingerprint density at radius 2 is 1.71 bits per heavy atom. The number of rotatable bonds is 10. The molecule has 1 aromatic carbocycles. The highest BCUT2D eigenvalue weighted by Crippen LogP contribution is 2.33. The van der Waals surface area contributed by atoms with E-state index in [9.17, 15) is 9.59 Å². The molecule has 0 radical (unpaired) electrons. The molecule has 2 rings (SSSR count). The standard InChI is InChI=1S/C21H29ClN4O4S/c1-12(2)26(13(3)4)8-7-23-20(28)16-11-31-21(24-16)25-19(27)14-9-17(29-5)18(30-6)10-15(14)22/h9-13H,7-8H2,1-6H3,(H,23,28)(H,24,25,27). The zero-order chi connectivity index (χ0) is 23.1. The number of benzene rings is 1. The zero-order valence-electron chi connectivity index (χ0n) is 18.6. The van der Waals surface area contributed by atoms with Gasteiger partial charge in [-0.3, -0.25) is 19.8 Å². The van der Waals surface area contributed by atoms with E-state index in [4.69, 9.17) is 21.1 Å². The highest BCUT2D eigenvalue weighted by Gasteiger charge is 2.19. The van der Waals surface area contributed by atoms with E-state index in [0.29, 0.717) is 35.3 Å². The third-order valence-corrected chi connectivity index (χ3v) is 5.73. The first-order chi connectivity index (χ1) is 14.7. The second-order valence-corrected chi connectivity index (χ2v) is 8.63. The Hall–Kier alpha value is -2.36. The van der Waals surface area contributed by atoms with Crippen LogP contribution < -0.4 is 20.1 Å². The van der Waals surface area contributed by atoms with Gasteiger partial charge in [-0.05, 0) is 33.8 Å². The highest BCUT2D eigenvalue weighted by atomic mass is 35.5. The molecule has 8 nitrogen and oxygen atoms in total. The minimum atomic E-state index is -0.461. The molecule has 1 heterocycles. The van der Waals surface area contributed by atoms with Gasteiger partial charge in [-0.15, -0.1) is 11.3 Å². The molecule has 0 bridgehead atoms. The SMILES string of the molecule is COc1cc(Cl)c(C(=O)Nc2nc(C(=O)NCCN(C(C)C)C(C)C)cs2)cc1OC. The summed E-state index contributed by atoms with van der Waals surface area (Å²) < 4.78 is 10.4. The van der Waals surface area contributed by atoms with E-state index in [1.165, 1.54) is 26.4 Å². The Balaban J connectivity index is 2.00. The van der Waals surface area contributed by atoms with Gasteiger partial charge in [-0.2, -0.15) is 0 Å². The summed E-state index contributed by atoms with van der Waals surface area (Å²) in [5, 5.41) is 7.65. The minimum absolute atomic E-state index is 0.211. The van der Waals surface area contributed by atoms with Crippen molar-refractivity contribution in [2.24, 2.45) is 0 Å². The van der Waals surface area contributed by atoms with Crippen LogP contribution in [0.25, 0.3) is 0 Å². The molecule has 0 spiro atoms. The smallest absolute Gasteiger partial charge is 0.270 e. The van der Waals surface area contributed by atoms with Gasteiger partial charge in [0.05, 0.1) is 24.8 Å². The van der Waals surface area contributed by atoms with Crippen LogP contribution >= 0.6 is 22.9 Å². The molecule has 0 fully saturated rings. The summed E-state index contributed by atoms with van der Waals surface area (Å²) in [5.74, 6) is 0.0592.